The second-order valence-electron chi connectivity index (χ2n) is 8.52. The van der Waals surface area contributed by atoms with E-state index in [0.717, 1.165) is 16.6 Å². The third-order valence-electron chi connectivity index (χ3n) is 6.21. The zero-order valence-electron chi connectivity index (χ0n) is 20.4. The summed E-state index contributed by atoms with van der Waals surface area (Å²) >= 11 is 0. The summed E-state index contributed by atoms with van der Waals surface area (Å²) in [4.78, 5) is 32.7. The SMILES string of the molecule is CCOC1OC(C(=O)NCc2nc3ccccc3[nH]2)=CC(c2ccc(C(=O)OC)cc2)C1CCCO. The second-order valence-corrected chi connectivity index (χ2v) is 8.52. The number of carbonyl (C=O) groups is 2. The van der Waals surface area contributed by atoms with Crippen molar-refractivity contribution in [3.8, 4) is 0 Å². The predicted octanol–water partition coefficient (Wildman–Crippen LogP) is 3.41. The quantitative estimate of drug-likeness (QED) is 0.370. The Morgan fingerprint density at radius 1 is 1.17 bits per heavy atom. The minimum Gasteiger partial charge on any atom is -0.465 e. The molecule has 0 saturated heterocycles. The fraction of sp³-hybridized carbons (Fsp3) is 0.370. The zero-order valence-corrected chi connectivity index (χ0v) is 20.4. The number of methoxy groups -OCH3 is 1. The maximum absolute atomic E-state index is 13.1. The molecule has 9 nitrogen and oxygen atoms in total. The summed E-state index contributed by atoms with van der Waals surface area (Å²) in [5.74, 6) is -0.353. The van der Waals surface area contributed by atoms with Gasteiger partial charge < -0.3 is 29.6 Å². The highest BCUT2D eigenvalue weighted by Crippen LogP contribution is 2.39. The van der Waals surface area contributed by atoms with Crippen LogP contribution in [-0.2, 0) is 25.5 Å². The molecule has 0 bridgehead atoms. The van der Waals surface area contributed by atoms with Crippen LogP contribution in [0.15, 0.2) is 60.4 Å². The summed E-state index contributed by atoms with van der Waals surface area (Å²) in [7, 11) is 1.34. The lowest BCUT2D eigenvalue weighted by atomic mass is 9.80. The van der Waals surface area contributed by atoms with Crippen molar-refractivity contribution >= 4 is 22.9 Å². The van der Waals surface area contributed by atoms with Crippen LogP contribution < -0.4 is 5.32 Å². The minimum atomic E-state index is -0.663. The molecule has 3 aromatic rings. The van der Waals surface area contributed by atoms with Crippen molar-refractivity contribution in [2.75, 3.05) is 20.3 Å². The molecule has 3 atom stereocenters. The van der Waals surface area contributed by atoms with Crippen LogP contribution in [0.3, 0.4) is 0 Å². The van der Waals surface area contributed by atoms with Crippen molar-refractivity contribution in [1.29, 1.82) is 0 Å². The highest BCUT2D eigenvalue weighted by Gasteiger charge is 2.37. The Balaban J connectivity index is 1.58. The summed E-state index contributed by atoms with van der Waals surface area (Å²) in [5, 5.41) is 12.3. The summed E-state index contributed by atoms with van der Waals surface area (Å²) in [6.45, 7) is 2.52. The highest BCUT2D eigenvalue weighted by molar-refractivity contribution is 5.92. The number of aliphatic hydroxyl groups is 1. The largest absolute Gasteiger partial charge is 0.465 e. The number of nitrogens with one attached hydrogen (secondary N) is 2. The van der Waals surface area contributed by atoms with Gasteiger partial charge in [-0.25, -0.2) is 9.78 Å². The number of imidazole rings is 1. The topological polar surface area (TPSA) is 123 Å². The van der Waals surface area contributed by atoms with Crippen molar-refractivity contribution in [2.45, 2.75) is 38.5 Å². The number of hydrogen-bond donors (Lipinski definition) is 3. The molecule has 4 rings (SSSR count). The molecule has 9 heteroatoms. The number of rotatable bonds is 10. The highest BCUT2D eigenvalue weighted by atomic mass is 16.7. The first-order valence-corrected chi connectivity index (χ1v) is 12.0. The minimum absolute atomic E-state index is 0.0396. The van der Waals surface area contributed by atoms with Gasteiger partial charge in [-0.3, -0.25) is 4.79 Å². The van der Waals surface area contributed by atoms with E-state index in [1.54, 1.807) is 18.2 Å². The van der Waals surface area contributed by atoms with Gasteiger partial charge in [0.2, 0.25) is 6.29 Å². The number of benzene rings is 2. The summed E-state index contributed by atoms with van der Waals surface area (Å²) in [6, 6.07) is 14.7. The van der Waals surface area contributed by atoms with Gasteiger partial charge in [-0.15, -0.1) is 0 Å². The number of H-pyrrole nitrogens is 1. The Morgan fingerprint density at radius 3 is 2.64 bits per heavy atom. The van der Waals surface area contributed by atoms with Crippen molar-refractivity contribution in [1.82, 2.24) is 15.3 Å². The lowest BCUT2D eigenvalue weighted by Gasteiger charge is -2.37. The number of fused-ring (bicyclic) bond motifs is 1. The lowest BCUT2D eigenvalue weighted by molar-refractivity contribution is -0.166. The number of amides is 1. The molecule has 3 N–H and O–H groups in total. The van der Waals surface area contributed by atoms with Gasteiger partial charge in [0.1, 0.15) is 5.82 Å². The Labute approximate surface area is 209 Å². The molecule has 0 fully saturated rings. The molecule has 1 aliphatic heterocycles. The molecule has 1 amide bonds. The third kappa shape index (κ3) is 5.75. The average molecular weight is 494 g/mol. The van der Waals surface area contributed by atoms with E-state index in [1.165, 1.54) is 7.11 Å². The number of para-hydroxylation sites is 2. The van der Waals surface area contributed by atoms with Crippen LogP contribution in [0.4, 0.5) is 0 Å². The van der Waals surface area contributed by atoms with Crippen molar-refractivity contribution < 1.29 is 28.9 Å². The number of nitrogens with zero attached hydrogens (tertiary/aromatic N) is 1. The lowest BCUT2D eigenvalue weighted by Crippen LogP contribution is -2.39. The summed E-state index contributed by atoms with van der Waals surface area (Å²) in [6.07, 6.45) is 2.33. The number of hydrogen-bond acceptors (Lipinski definition) is 7. The fourth-order valence-electron chi connectivity index (χ4n) is 4.44. The average Bonchev–Trinajstić information content (AvgIpc) is 3.33. The van der Waals surface area contributed by atoms with Gasteiger partial charge in [0.05, 0.1) is 30.3 Å². The molecule has 0 radical (unpaired) electrons. The van der Waals surface area contributed by atoms with E-state index >= 15 is 0 Å². The van der Waals surface area contributed by atoms with Gasteiger partial charge in [-0.1, -0.05) is 24.3 Å². The van der Waals surface area contributed by atoms with Crippen LogP contribution >= 0.6 is 0 Å². The Kier molecular flexibility index (Phi) is 8.35. The fourth-order valence-corrected chi connectivity index (χ4v) is 4.44. The molecule has 3 unspecified atom stereocenters. The molecule has 1 aliphatic rings. The Bertz CT molecular complexity index is 1190. The number of ether oxygens (including phenoxy) is 3. The first kappa shape index (κ1) is 25.4. The van der Waals surface area contributed by atoms with Gasteiger partial charge in [-0.2, -0.15) is 0 Å². The first-order valence-electron chi connectivity index (χ1n) is 12.0. The number of aromatic amines is 1. The molecule has 36 heavy (non-hydrogen) atoms. The van der Waals surface area contributed by atoms with Crippen molar-refractivity contribution in [3.05, 3.63) is 77.3 Å². The molecule has 190 valence electrons. The van der Waals surface area contributed by atoms with Crippen molar-refractivity contribution in [3.63, 3.8) is 0 Å². The molecular formula is C27H31N3O6. The third-order valence-corrected chi connectivity index (χ3v) is 6.21. The number of aliphatic hydroxyl groups excluding tert-OH is 1. The number of carbonyl (C=O) groups excluding carboxylic acids is 2. The molecule has 0 aliphatic carbocycles. The zero-order chi connectivity index (χ0) is 25.5. The van der Waals surface area contributed by atoms with E-state index in [1.807, 2.05) is 43.3 Å². The van der Waals surface area contributed by atoms with Crippen LogP contribution in [0.5, 0.6) is 0 Å². The summed E-state index contributed by atoms with van der Waals surface area (Å²) < 4.78 is 16.7. The molecular weight excluding hydrogens is 462 g/mol. The summed E-state index contributed by atoms with van der Waals surface area (Å²) in [5.41, 5.74) is 3.07. The van der Waals surface area contributed by atoms with Gasteiger partial charge in [0, 0.05) is 25.0 Å². The molecule has 2 heterocycles. The van der Waals surface area contributed by atoms with Gasteiger partial charge in [-0.05, 0) is 55.7 Å². The van der Waals surface area contributed by atoms with Crippen LogP contribution in [0.2, 0.25) is 0 Å². The van der Waals surface area contributed by atoms with E-state index < -0.39 is 12.3 Å². The molecule has 2 aromatic carbocycles. The van der Waals surface area contributed by atoms with Gasteiger partial charge in [0.25, 0.3) is 5.91 Å². The number of esters is 1. The van der Waals surface area contributed by atoms with E-state index in [-0.39, 0.29) is 36.7 Å². The first-order chi connectivity index (χ1) is 17.5. The van der Waals surface area contributed by atoms with Crippen molar-refractivity contribution in [2.24, 2.45) is 5.92 Å². The standard InChI is InChI=1S/C27H31N3O6/c1-3-35-27-19(7-6-14-31)20(17-10-12-18(13-11-17)26(33)34-2)15-23(36-27)25(32)28-16-24-29-21-8-4-5-9-22(21)30-24/h4-5,8-13,15,19-20,27,31H,3,6-7,14,16H2,1-2H3,(H,28,32)(H,29,30). The van der Waals surface area contributed by atoms with E-state index in [4.69, 9.17) is 14.2 Å². The predicted molar refractivity (Wildman–Crippen MR) is 133 cm³/mol. The van der Waals surface area contributed by atoms with E-state index in [0.29, 0.717) is 30.8 Å². The second kappa shape index (κ2) is 11.8. The molecule has 0 saturated carbocycles. The maximum Gasteiger partial charge on any atom is 0.337 e. The Hall–Kier alpha value is -3.69. The number of aromatic nitrogens is 2. The normalized spacial score (nSPS) is 19.4. The van der Waals surface area contributed by atoms with Gasteiger partial charge in [0.15, 0.2) is 5.76 Å². The smallest absolute Gasteiger partial charge is 0.337 e. The van der Waals surface area contributed by atoms with Crippen LogP contribution in [-0.4, -0.2) is 53.6 Å². The van der Waals surface area contributed by atoms with E-state index in [9.17, 15) is 14.7 Å². The number of allylic oxidation sites excluding steroid dienone is 1. The Morgan fingerprint density at radius 2 is 1.94 bits per heavy atom. The molecule has 0 spiro atoms. The van der Waals surface area contributed by atoms with Crippen LogP contribution in [0.1, 0.15) is 47.4 Å². The maximum atomic E-state index is 13.1. The van der Waals surface area contributed by atoms with Crippen LogP contribution in [0.25, 0.3) is 11.0 Å². The van der Waals surface area contributed by atoms with Crippen LogP contribution in [0, 0.1) is 5.92 Å². The monoisotopic (exact) mass is 493 g/mol. The van der Waals surface area contributed by atoms with Gasteiger partial charge >= 0.3 is 5.97 Å². The molecule has 1 aromatic heterocycles. The van der Waals surface area contributed by atoms with E-state index in [2.05, 4.69) is 15.3 Å².